The van der Waals surface area contributed by atoms with Gasteiger partial charge in [0.1, 0.15) is 0 Å². The van der Waals surface area contributed by atoms with Gasteiger partial charge in [-0.1, -0.05) is 29.3 Å². The number of carbonyl (C=O) groups excluding carboxylic acids is 2. The number of fused-ring (bicyclic) bond motifs is 3. The van der Waals surface area contributed by atoms with Crippen molar-refractivity contribution in [3.63, 3.8) is 0 Å². The Hall–Kier alpha value is -2.29. The van der Waals surface area contributed by atoms with Gasteiger partial charge in [-0.05, 0) is 39.3 Å². The highest BCUT2D eigenvalue weighted by Crippen LogP contribution is 2.38. The molecule has 0 spiro atoms. The van der Waals surface area contributed by atoms with Crippen LogP contribution in [0.4, 0.5) is 4.79 Å². The number of guanidine groups is 1. The highest BCUT2D eigenvalue weighted by Gasteiger charge is 2.55. The summed E-state index contributed by atoms with van der Waals surface area (Å²) in [7, 11) is 1.67. The monoisotopic (exact) mass is 479 g/mol. The summed E-state index contributed by atoms with van der Waals surface area (Å²) in [5.74, 6) is 0.397. The number of allylic oxidation sites excluding steroid dienone is 2. The van der Waals surface area contributed by atoms with Gasteiger partial charge in [0.15, 0.2) is 12.2 Å². The quantitative estimate of drug-likeness (QED) is 0.557. The second-order valence-electron chi connectivity index (χ2n) is 8.05. The molecule has 8 nitrogen and oxygen atoms in total. The molecule has 1 fully saturated rings. The number of hydrogen-bond acceptors (Lipinski definition) is 6. The molecule has 1 aromatic carbocycles. The van der Waals surface area contributed by atoms with Crippen molar-refractivity contribution in [1.82, 2.24) is 19.6 Å². The van der Waals surface area contributed by atoms with Crippen molar-refractivity contribution in [3.05, 3.63) is 45.2 Å². The van der Waals surface area contributed by atoms with Crippen LogP contribution in [-0.4, -0.2) is 76.5 Å². The first-order chi connectivity index (χ1) is 15.3. The summed E-state index contributed by atoms with van der Waals surface area (Å²) in [6.07, 6.45) is 0.251. The van der Waals surface area contributed by atoms with E-state index in [0.717, 1.165) is 24.4 Å². The van der Waals surface area contributed by atoms with Crippen LogP contribution in [0.3, 0.4) is 0 Å². The smallest absolute Gasteiger partial charge is 0.328 e. The molecule has 3 aliphatic rings. The van der Waals surface area contributed by atoms with Gasteiger partial charge in [-0.3, -0.25) is 14.6 Å². The van der Waals surface area contributed by atoms with E-state index in [-0.39, 0.29) is 12.5 Å². The molecule has 1 aromatic rings. The second kappa shape index (κ2) is 8.92. The predicted molar refractivity (Wildman–Crippen MR) is 123 cm³/mol. The number of amides is 3. The average Bonchev–Trinajstić information content (AvgIpc) is 3.25. The number of aliphatic imine (C=N–C) groups is 1. The van der Waals surface area contributed by atoms with Crippen molar-refractivity contribution in [2.24, 2.45) is 4.99 Å². The minimum Gasteiger partial charge on any atom is -0.382 e. The number of urea groups is 1. The zero-order valence-electron chi connectivity index (χ0n) is 18.6. The Morgan fingerprint density at radius 3 is 2.44 bits per heavy atom. The predicted octanol–water partition coefficient (Wildman–Crippen LogP) is 3.75. The first kappa shape index (κ1) is 22.9. The van der Waals surface area contributed by atoms with E-state index in [9.17, 15) is 9.59 Å². The van der Waals surface area contributed by atoms with Gasteiger partial charge in [-0.25, -0.2) is 9.79 Å². The fraction of sp³-hybridized carbons (Fsp3) is 0.500. The summed E-state index contributed by atoms with van der Waals surface area (Å²) >= 11 is 12.6. The maximum Gasteiger partial charge on any atom is 0.328 e. The Balaban J connectivity index is 1.61. The molecule has 1 saturated heterocycles. The highest BCUT2D eigenvalue weighted by molar-refractivity contribution is 6.36. The number of benzene rings is 1. The molecule has 2 unspecified atom stereocenters. The highest BCUT2D eigenvalue weighted by atomic mass is 35.5. The number of hydrogen-bond donors (Lipinski definition) is 0. The van der Waals surface area contributed by atoms with Gasteiger partial charge < -0.3 is 14.5 Å². The minimum atomic E-state index is -0.624. The normalized spacial score (nSPS) is 22.8. The molecule has 2 atom stereocenters. The zero-order valence-corrected chi connectivity index (χ0v) is 20.2. The van der Waals surface area contributed by atoms with Crippen LogP contribution in [0.5, 0.6) is 0 Å². The molecule has 4 rings (SSSR count). The lowest BCUT2D eigenvalue weighted by molar-refractivity contribution is -0.137. The number of halogens is 2. The average molecular weight is 480 g/mol. The zero-order chi connectivity index (χ0) is 23.2. The van der Waals surface area contributed by atoms with E-state index < -0.39 is 18.2 Å². The number of ether oxygens (including phenoxy) is 1. The summed E-state index contributed by atoms with van der Waals surface area (Å²) in [6, 6.07) is 4.08. The Morgan fingerprint density at radius 1 is 1.09 bits per heavy atom. The van der Waals surface area contributed by atoms with Crippen LogP contribution in [0.25, 0.3) is 0 Å². The molecule has 0 aliphatic carbocycles. The van der Waals surface area contributed by atoms with E-state index in [0.29, 0.717) is 34.8 Å². The van der Waals surface area contributed by atoms with Gasteiger partial charge >= 0.3 is 6.03 Å². The topological polar surface area (TPSA) is 68.7 Å². The molecular weight excluding hydrogens is 453 g/mol. The van der Waals surface area contributed by atoms with E-state index in [1.54, 1.807) is 25.2 Å². The van der Waals surface area contributed by atoms with Crippen molar-refractivity contribution >= 4 is 41.1 Å². The van der Waals surface area contributed by atoms with E-state index >= 15 is 0 Å². The number of carbonyl (C=O) groups is 2. The maximum absolute atomic E-state index is 13.6. The Bertz CT molecular complexity index is 991. The number of nitrogens with zero attached hydrogens (tertiary/aromatic N) is 5. The summed E-state index contributed by atoms with van der Waals surface area (Å²) in [6.45, 7) is 8.04. The molecule has 172 valence electrons. The van der Waals surface area contributed by atoms with Crippen molar-refractivity contribution in [3.8, 4) is 0 Å². The number of likely N-dealkylation sites (N-methyl/N-ethyl adjacent to an activating group) is 1. The van der Waals surface area contributed by atoms with Gasteiger partial charge in [0.2, 0.25) is 5.96 Å². The number of imide groups is 1. The lowest BCUT2D eigenvalue weighted by atomic mass is 10.1. The maximum atomic E-state index is 13.6. The first-order valence-electron chi connectivity index (χ1n) is 10.7. The SMILES string of the molecule is CCOCCCN1C2=NC3C(C(=O)N(Cc4c(Cl)cccc4Cl)C(=O)N3C)N2C(C)=C1C. The van der Waals surface area contributed by atoms with E-state index in [1.807, 2.05) is 25.7 Å². The summed E-state index contributed by atoms with van der Waals surface area (Å²) in [5, 5.41) is 0.833. The van der Waals surface area contributed by atoms with Crippen LogP contribution in [0.1, 0.15) is 32.8 Å². The Labute approximate surface area is 198 Å². The van der Waals surface area contributed by atoms with Crippen LogP contribution >= 0.6 is 23.2 Å². The van der Waals surface area contributed by atoms with Crippen LogP contribution in [-0.2, 0) is 16.1 Å². The van der Waals surface area contributed by atoms with Crippen molar-refractivity contribution < 1.29 is 14.3 Å². The van der Waals surface area contributed by atoms with Gasteiger partial charge in [0.25, 0.3) is 5.91 Å². The fourth-order valence-corrected chi connectivity index (χ4v) is 4.92. The van der Waals surface area contributed by atoms with Crippen LogP contribution in [0, 0.1) is 0 Å². The molecule has 3 amide bonds. The molecule has 10 heteroatoms. The molecule has 3 aliphatic heterocycles. The molecule has 3 heterocycles. The lowest BCUT2D eigenvalue weighted by Gasteiger charge is -2.41. The summed E-state index contributed by atoms with van der Waals surface area (Å²) < 4.78 is 5.47. The van der Waals surface area contributed by atoms with Crippen LogP contribution in [0.15, 0.2) is 34.6 Å². The molecular formula is C22H27Cl2N5O3. The van der Waals surface area contributed by atoms with Gasteiger partial charge in [0.05, 0.1) is 6.54 Å². The van der Waals surface area contributed by atoms with Crippen LogP contribution in [0.2, 0.25) is 10.0 Å². The third-order valence-corrected chi connectivity index (χ3v) is 6.96. The van der Waals surface area contributed by atoms with Crippen molar-refractivity contribution in [1.29, 1.82) is 0 Å². The minimum absolute atomic E-state index is 0.00667. The van der Waals surface area contributed by atoms with Gasteiger partial charge in [-0.2, -0.15) is 0 Å². The molecule has 0 aromatic heterocycles. The first-order valence-corrected chi connectivity index (χ1v) is 11.4. The molecule has 0 N–H and O–H groups in total. The molecule has 0 bridgehead atoms. The largest absolute Gasteiger partial charge is 0.382 e. The summed E-state index contributed by atoms with van der Waals surface area (Å²) in [4.78, 5) is 38.3. The lowest BCUT2D eigenvalue weighted by Crippen LogP contribution is -2.64. The number of rotatable bonds is 7. The third-order valence-electron chi connectivity index (χ3n) is 6.26. The Kier molecular flexibility index (Phi) is 6.38. The third kappa shape index (κ3) is 3.64. The van der Waals surface area contributed by atoms with Gasteiger partial charge in [-0.15, -0.1) is 0 Å². The standard InChI is InChI=1S/C22H27Cl2N5O3/c1-5-32-11-7-10-27-13(2)14(3)29-18-19(25-21(27)29)26(4)22(31)28(20(18)30)12-15-16(23)8-6-9-17(15)24/h6,8-9,18-19H,5,7,10-12H2,1-4H3. The fourth-order valence-electron chi connectivity index (χ4n) is 4.40. The Morgan fingerprint density at radius 2 is 1.78 bits per heavy atom. The van der Waals surface area contributed by atoms with Gasteiger partial charge in [0, 0.05) is 53.8 Å². The van der Waals surface area contributed by atoms with E-state index in [4.69, 9.17) is 32.9 Å². The van der Waals surface area contributed by atoms with Crippen molar-refractivity contribution in [2.45, 2.75) is 45.9 Å². The van der Waals surface area contributed by atoms with E-state index in [1.165, 1.54) is 9.80 Å². The summed E-state index contributed by atoms with van der Waals surface area (Å²) in [5.41, 5.74) is 2.55. The molecule has 0 saturated carbocycles. The van der Waals surface area contributed by atoms with Crippen molar-refractivity contribution in [2.75, 3.05) is 26.8 Å². The second-order valence-corrected chi connectivity index (χ2v) is 8.86. The van der Waals surface area contributed by atoms with E-state index in [2.05, 4.69) is 4.90 Å². The molecule has 32 heavy (non-hydrogen) atoms. The molecule has 0 radical (unpaired) electrons. The van der Waals surface area contributed by atoms with Crippen LogP contribution < -0.4 is 0 Å².